The Bertz CT molecular complexity index is 7350. The summed E-state index contributed by atoms with van der Waals surface area (Å²) in [4.78, 5) is 136. The van der Waals surface area contributed by atoms with Gasteiger partial charge in [-0.05, 0) is 134 Å². The zero-order chi connectivity index (χ0) is 107. The van der Waals surface area contributed by atoms with Gasteiger partial charge in [0.15, 0.2) is 44.7 Å². The van der Waals surface area contributed by atoms with Crippen molar-refractivity contribution in [1.82, 2.24) is 78.1 Å². The predicted molar refractivity (Wildman–Crippen MR) is 522 cm³/mol. The Morgan fingerprint density at radius 2 is 0.696 bits per heavy atom. The molecule has 0 aliphatic rings. The van der Waals surface area contributed by atoms with Gasteiger partial charge in [0.1, 0.15) is 54.3 Å². The Morgan fingerprint density at radius 1 is 0.392 bits per heavy atom. The minimum atomic E-state index is -4.04. The van der Waals surface area contributed by atoms with Gasteiger partial charge in [0.25, 0.3) is 22.2 Å². The average molecular weight is 2180 g/mol. The normalized spacial score (nSPS) is 12.9. The van der Waals surface area contributed by atoms with Crippen LogP contribution in [0.25, 0.3) is 44.7 Å². The largest absolute Gasteiger partial charge is 0.515 e. The van der Waals surface area contributed by atoms with Gasteiger partial charge in [-0.1, -0.05) is 89.4 Å². The lowest BCUT2D eigenvalue weighted by Gasteiger charge is -2.19. The van der Waals surface area contributed by atoms with E-state index in [4.69, 9.17) is 134 Å². The van der Waals surface area contributed by atoms with Crippen molar-refractivity contribution in [2.24, 2.45) is 0 Å². The molecule has 4 unspecified atom stereocenters. The topological polar surface area (TPSA) is 689 Å². The summed E-state index contributed by atoms with van der Waals surface area (Å²) in [7, 11) is -13.1. The number of nitrogens with one attached hydrogen (secondary N) is 4. The fraction of sp³-hybridized carbons (Fsp3) is 0.310. The van der Waals surface area contributed by atoms with Crippen molar-refractivity contribution in [3.05, 3.63) is 261 Å². The van der Waals surface area contributed by atoms with Crippen molar-refractivity contribution in [1.29, 1.82) is 0 Å². The highest BCUT2D eigenvalue weighted by Crippen LogP contribution is 2.52. The number of imidazole rings is 4. The molecule has 53 nitrogen and oxygen atoms in total. The van der Waals surface area contributed by atoms with Gasteiger partial charge in [-0.25, -0.2) is 47.9 Å². The van der Waals surface area contributed by atoms with Gasteiger partial charge in [-0.15, -0.1) is 0 Å². The number of aryl methyl sites for hydroxylation is 2. The van der Waals surface area contributed by atoms with Gasteiger partial charge in [-0.3, -0.25) is 75.5 Å². The van der Waals surface area contributed by atoms with Crippen LogP contribution < -0.4 is 59.4 Å². The Hall–Kier alpha value is -14.3. The highest BCUT2D eigenvalue weighted by molar-refractivity contribution is 7.54. The number of aromatic amines is 4. The van der Waals surface area contributed by atoms with Crippen molar-refractivity contribution < 1.29 is 144 Å². The summed E-state index contributed by atoms with van der Waals surface area (Å²) in [5.41, 5.74) is 25.8. The number of nitrogens with two attached hydrogens (primary N) is 4. The van der Waals surface area contributed by atoms with Gasteiger partial charge >= 0.3 is 55.0 Å². The molecule has 148 heavy (non-hydrogen) atoms. The molecule has 61 heteroatoms. The third-order valence-electron chi connectivity index (χ3n) is 19.1. The van der Waals surface area contributed by atoms with Gasteiger partial charge in [0.2, 0.25) is 51.0 Å². The van der Waals surface area contributed by atoms with Crippen LogP contribution in [0.3, 0.4) is 0 Å². The average Bonchev–Trinajstić information content (AvgIpc) is 1.67. The second-order valence-corrected chi connectivity index (χ2v) is 39.4. The molecule has 0 saturated carbocycles. The summed E-state index contributed by atoms with van der Waals surface area (Å²) < 4.78 is 195. The van der Waals surface area contributed by atoms with Gasteiger partial charge in [-0.2, -0.15) is 19.9 Å². The number of aromatic nitrogens is 16. The number of anilines is 4. The van der Waals surface area contributed by atoms with Crippen molar-refractivity contribution >= 4 is 147 Å². The number of halogens is 4. The van der Waals surface area contributed by atoms with Crippen molar-refractivity contribution in [3.63, 3.8) is 0 Å². The molecular formula is C87H98Cl2F2N20O33P4. The highest BCUT2D eigenvalue weighted by atomic mass is 35.5. The molecule has 4 atom stereocenters. The molecule has 12 N–H and O–H groups in total. The Morgan fingerprint density at radius 3 is 1.00 bits per heavy atom. The number of rotatable bonds is 48. The Labute approximate surface area is 845 Å². The lowest BCUT2D eigenvalue weighted by atomic mass is 10.2. The van der Waals surface area contributed by atoms with Crippen LogP contribution in [0.4, 0.5) is 51.8 Å². The minimum Gasteiger partial charge on any atom is -0.496 e. The summed E-state index contributed by atoms with van der Waals surface area (Å²) in [5.74, 6) is -0.168. The molecule has 8 aromatic heterocycles. The van der Waals surface area contributed by atoms with Gasteiger partial charge in [0, 0.05) is 36.2 Å². The SMILES string of the molecule is CC(C)OC(=O)OCOP(=O)(COCCn1cnc2c(=O)[nH]c(N)nc21)OCc1cccc(Cl)c1.COC(=O)OCOP(=O)(COCCn1cnc2c(=O)[nH]c(N)nc21)OCc1cccc(Cl)c1.COc1ccc(OC(=O)OCOP(=O)(COCCn2cnc3c(=O)[nH]c(N)nc32)OCc2cccc(F)c2)cc1C.Cc1ccc(OC(=O)OCOP(=O)(COCCn2cnc3c(=O)[nH]c(N)nc32)OCc2cccc(F)c2)cc1. The monoisotopic (exact) mass is 2180 g/mol. The van der Waals surface area contributed by atoms with Crippen LogP contribution in [0.5, 0.6) is 17.2 Å². The third-order valence-corrected chi connectivity index (χ3v) is 25.7. The molecule has 0 aliphatic carbocycles. The molecule has 0 fully saturated rings. The molecule has 0 saturated heterocycles. The van der Waals surface area contributed by atoms with E-state index < -0.39 is 148 Å². The smallest absolute Gasteiger partial charge is 0.496 e. The van der Waals surface area contributed by atoms with E-state index in [0.717, 1.165) is 18.2 Å². The van der Waals surface area contributed by atoms with Crippen LogP contribution in [-0.4, -0.2) is 202 Å². The number of nitrogens with zero attached hydrogens (tertiary/aromatic N) is 12. The molecule has 6 aromatic carbocycles. The second-order valence-electron chi connectivity index (χ2n) is 30.5. The van der Waals surface area contributed by atoms with Crippen molar-refractivity contribution in [2.45, 2.75) is 86.4 Å². The Balaban J connectivity index is 0.000000188. The van der Waals surface area contributed by atoms with Crippen LogP contribution in [0.2, 0.25) is 10.0 Å². The summed E-state index contributed by atoms with van der Waals surface area (Å²) in [6.45, 7) is 4.23. The zero-order valence-corrected chi connectivity index (χ0v) is 84.3. The maximum absolute atomic E-state index is 13.6. The van der Waals surface area contributed by atoms with Crippen LogP contribution in [-0.2, 0) is 154 Å². The number of hydrogen-bond acceptors (Lipinski definition) is 45. The molecule has 14 rings (SSSR count). The summed E-state index contributed by atoms with van der Waals surface area (Å²) in [6.07, 6.45) is -0.927. The van der Waals surface area contributed by atoms with Gasteiger partial charge < -0.3 is 121 Å². The van der Waals surface area contributed by atoms with Crippen LogP contribution in [0, 0.1) is 25.5 Å². The van der Waals surface area contributed by atoms with Crippen LogP contribution >= 0.6 is 53.6 Å². The maximum Gasteiger partial charge on any atom is 0.515 e. The molecule has 792 valence electrons. The summed E-state index contributed by atoms with van der Waals surface area (Å²) >= 11 is 11.9. The lowest BCUT2D eigenvalue weighted by molar-refractivity contribution is -0.0166. The third kappa shape index (κ3) is 36.4. The first-order valence-corrected chi connectivity index (χ1v) is 51.1. The van der Waals surface area contributed by atoms with E-state index in [0.29, 0.717) is 38.0 Å². The molecule has 8 heterocycles. The van der Waals surface area contributed by atoms with Crippen LogP contribution in [0.1, 0.15) is 47.2 Å². The summed E-state index contributed by atoms with van der Waals surface area (Å²) in [6, 6.07) is 36.0. The van der Waals surface area contributed by atoms with Crippen LogP contribution in [0.15, 0.2) is 184 Å². The second kappa shape index (κ2) is 55.5. The van der Waals surface area contributed by atoms with E-state index in [1.54, 1.807) is 127 Å². The number of methoxy groups -OCH3 is 2. The molecule has 0 radical (unpaired) electrons. The van der Waals surface area contributed by atoms with E-state index in [2.05, 4.69) is 69.3 Å². The van der Waals surface area contributed by atoms with E-state index >= 15 is 0 Å². The molecule has 0 spiro atoms. The lowest BCUT2D eigenvalue weighted by Crippen LogP contribution is -2.16. The molecule has 0 amide bonds. The van der Waals surface area contributed by atoms with E-state index in [1.165, 1.54) is 84.0 Å². The first kappa shape index (κ1) is 114. The standard InChI is InChI=1S/C25H27FN5O9P.C24H25FN5O8P.C20H25ClN5O8P.C18H21ClN5O8P/c1-16-10-19(6-7-20(16)35-2)40-25(33)37-14-39-41(34,38-12-17-4-3-5-18(26)11-17)15-36-9-8-31-13-28-21-22(31)29-24(27)30-23(21)32;1-16-5-7-19(8-6-16)38-24(32)35-14-37-39(33,36-12-17-3-2-4-18(25)11-17)15-34-10-9-30-13-27-20-21(30)28-23(26)29-22(20)31;1-13(2)34-20(28)31-11-33-35(29,32-9-14-4-3-5-15(21)8-14)12-30-7-6-26-10-23-16-17(26)24-19(22)25-18(16)27;1-28-18(26)30-10-32-33(27,31-8-12-3-2-4-13(19)7-12)11-29-6-5-24-9-21-14-15(24)22-17(20)23-16(14)25/h3-7,10-11,13H,8-9,12,14-15H2,1-2H3,(H3,27,29,30,32);2-8,11,13H,9-10,12,14-15H2,1H3,(H3,26,28,29,31);3-5,8,10,13H,6-7,9,11-12H2,1-2H3,(H3,22,24,25,27);2-4,7,9H,5-6,8,10-11H2,1H3,(H3,20,22,23,25). The molecule has 0 aliphatic heterocycles. The van der Waals surface area contributed by atoms with E-state index in [9.17, 15) is 65.4 Å². The van der Waals surface area contributed by atoms with Crippen molar-refractivity contribution in [3.8, 4) is 17.2 Å². The van der Waals surface area contributed by atoms with E-state index in [1.807, 2.05) is 6.92 Å². The number of hydrogen-bond donors (Lipinski definition) is 8. The first-order valence-electron chi connectivity index (χ1n) is 43.4. The number of fused-ring (bicyclic) bond motifs is 4. The molecule has 14 aromatic rings. The zero-order valence-electron chi connectivity index (χ0n) is 79.3. The first-order chi connectivity index (χ1) is 70.8. The number of carbonyl (C=O) groups excluding carboxylic acids is 4. The highest BCUT2D eigenvalue weighted by Gasteiger charge is 2.32. The number of ether oxygens (including phenoxy) is 13. The summed E-state index contributed by atoms with van der Waals surface area (Å²) in [5, 5.41) is 0.969. The number of H-pyrrole nitrogens is 4. The predicted octanol–water partition coefficient (Wildman–Crippen LogP) is 13.2. The molecule has 0 bridgehead atoms. The molecular weight excluding hydrogens is 2090 g/mol. The number of benzene rings is 6. The fourth-order valence-corrected chi connectivity index (χ4v) is 17.2. The Kier molecular flexibility index (Phi) is 42.7. The maximum atomic E-state index is 13.6. The van der Waals surface area contributed by atoms with Gasteiger partial charge in [0.05, 0.1) is 98.5 Å². The minimum absolute atomic E-state index is 0.00710. The number of carbonyl (C=O) groups is 4. The van der Waals surface area contributed by atoms with Crippen molar-refractivity contribution in [2.75, 3.05) is 116 Å². The quantitative estimate of drug-likeness (QED) is 0.00438. The fourth-order valence-electron chi connectivity index (χ4n) is 12.2. The number of nitrogen functional groups attached to an aromatic ring is 4. The van der Waals surface area contributed by atoms with E-state index in [-0.39, 0.29) is 159 Å².